The van der Waals surface area contributed by atoms with Crippen LogP contribution < -0.4 is 0 Å². The minimum absolute atomic E-state index is 0.0559. The molecule has 106 valence electrons. The fraction of sp³-hybridized carbons (Fsp3) is 0.467. The average Bonchev–Trinajstić information content (AvgIpc) is 2.81. The first-order chi connectivity index (χ1) is 9.55. The van der Waals surface area contributed by atoms with Gasteiger partial charge in [0.2, 0.25) is 0 Å². The second-order valence-electron chi connectivity index (χ2n) is 5.89. The van der Waals surface area contributed by atoms with Crippen LogP contribution in [0.15, 0.2) is 30.3 Å². The summed E-state index contributed by atoms with van der Waals surface area (Å²) in [5, 5.41) is 7.34. The molecule has 1 saturated carbocycles. The zero-order valence-electron chi connectivity index (χ0n) is 12.0. The maximum atomic E-state index is 5.54. The highest BCUT2D eigenvalue weighted by Crippen LogP contribution is 2.52. The number of methoxy groups -OCH3 is 1. The molecule has 1 N–H and O–H groups in total. The van der Waals surface area contributed by atoms with Gasteiger partial charge in [0.1, 0.15) is 0 Å². The van der Waals surface area contributed by atoms with Crippen LogP contribution in [-0.4, -0.2) is 28.0 Å². The molecular formula is C15H19N3OS. The molecule has 2 atom stereocenters. The van der Waals surface area contributed by atoms with Gasteiger partial charge < -0.3 is 4.74 Å². The summed E-state index contributed by atoms with van der Waals surface area (Å²) in [6, 6.07) is 10.5. The molecule has 1 aromatic heterocycles. The van der Waals surface area contributed by atoms with Gasteiger partial charge in [-0.25, -0.2) is 0 Å². The first-order valence-electron chi connectivity index (χ1n) is 6.81. The van der Waals surface area contributed by atoms with Gasteiger partial charge in [-0.1, -0.05) is 44.2 Å². The smallest absolute Gasteiger partial charge is 0.195 e. The highest BCUT2D eigenvalue weighted by molar-refractivity contribution is 7.71. The zero-order valence-corrected chi connectivity index (χ0v) is 12.8. The third-order valence-corrected chi connectivity index (χ3v) is 4.75. The largest absolute Gasteiger partial charge is 0.381 e. The summed E-state index contributed by atoms with van der Waals surface area (Å²) in [4.78, 5) is 0. The van der Waals surface area contributed by atoms with E-state index in [1.54, 1.807) is 7.11 Å². The molecule has 0 bridgehead atoms. The molecule has 1 aliphatic carbocycles. The van der Waals surface area contributed by atoms with E-state index in [0.717, 1.165) is 17.8 Å². The number of rotatable bonds is 3. The van der Waals surface area contributed by atoms with Gasteiger partial charge in [0.15, 0.2) is 10.6 Å². The van der Waals surface area contributed by atoms with E-state index < -0.39 is 0 Å². The zero-order chi connectivity index (χ0) is 14.3. The molecule has 0 aliphatic heterocycles. The van der Waals surface area contributed by atoms with E-state index in [1.807, 2.05) is 18.2 Å². The Bertz CT molecular complexity index is 659. The van der Waals surface area contributed by atoms with Gasteiger partial charge in [0.05, 0.1) is 6.10 Å². The summed E-state index contributed by atoms with van der Waals surface area (Å²) in [5.74, 6) is 0.906. The molecule has 1 fully saturated rings. The Morgan fingerprint density at radius 1 is 1.35 bits per heavy atom. The Kier molecular flexibility index (Phi) is 3.26. The van der Waals surface area contributed by atoms with Crippen LogP contribution in [0.3, 0.4) is 0 Å². The standard InChI is InChI=1S/C15H19N3OS/c1-15(2)11(9-12(15)19-3)18-13(16-17-14(18)20)10-7-5-4-6-8-10/h4-8,11-12H,9H2,1-3H3,(H,17,20). The second-order valence-corrected chi connectivity index (χ2v) is 6.27. The maximum Gasteiger partial charge on any atom is 0.195 e. The van der Waals surface area contributed by atoms with E-state index in [9.17, 15) is 0 Å². The maximum absolute atomic E-state index is 5.54. The minimum atomic E-state index is 0.0559. The average molecular weight is 289 g/mol. The lowest BCUT2D eigenvalue weighted by atomic mass is 9.64. The molecule has 3 rings (SSSR count). The van der Waals surface area contributed by atoms with Crippen molar-refractivity contribution in [2.45, 2.75) is 32.4 Å². The van der Waals surface area contributed by atoms with Crippen LogP contribution in [0.1, 0.15) is 26.3 Å². The summed E-state index contributed by atoms with van der Waals surface area (Å²) < 4.78 is 8.35. The van der Waals surface area contributed by atoms with Crippen LogP contribution in [0.2, 0.25) is 0 Å². The van der Waals surface area contributed by atoms with E-state index in [-0.39, 0.29) is 11.5 Å². The van der Waals surface area contributed by atoms with Gasteiger partial charge in [-0.2, -0.15) is 5.10 Å². The number of nitrogens with zero attached hydrogens (tertiary/aromatic N) is 2. The highest BCUT2D eigenvalue weighted by Gasteiger charge is 2.50. The van der Waals surface area contributed by atoms with Crippen molar-refractivity contribution < 1.29 is 4.74 Å². The monoisotopic (exact) mass is 289 g/mol. The summed E-state index contributed by atoms with van der Waals surface area (Å²) in [5.41, 5.74) is 1.14. The summed E-state index contributed by atoms with van der Waals surface area (Å²) >= 11 is 5.43. The van der Waals surface area contributed by atoms with Crippen molar-refractivity contribution in [3.63, 3.8) is 0 Å². The molecule has 2 unspecified atom stereocenters. The Balaban J connectivity index is 2.04. The molecule has 5 heteroatoms. The van der Waals surface area contributed by atoms with Crippen LogP contribution in [0.25, 0.3) is 11.4 Å². The highest BCUT2D eigenvalue weighted by atomic mass is 32.1. The van der Waals surface area contributed by atoms with Gasteiger partial charge in [-0.05, 0) is 18.6 Å². The SMILES string of the molecule is COC1CC(n2c(-c3ccccc3)n[nH]c2=S)C1(C)C. The van der Waals surface area contributed by atoms with Crippen LogP contribution in [0.5, 0.6) is 0 Å². The van der Waals surface area contributed by atoms with Gasteiger partial charge in [-0.15, -0.1) is 0 Å². The van der Waals surface area contributed by atoms with Crippen LogP contribution >= 0.6 is 12.2 Å². The molecule has 1 aromatic carbocycles. The normalized spacial score (nSPS) is 24.4. The molecule has 0 saturated heterocycles. The molecular weight excluding hydrogens is 270 g/mol. The van der Waals surface area contributed by atoms with Crippen LogP contribution in [-0.2, 0) is 4.74 Å². The summed E-state index contributed by atoms with van der Waals surface area (Å²) in [7, 11) is 1.77. The van der Waals surface area contributed by atoms with Crippen molar-refractivity contribution in [3.8, 4) is 11.4 Å². The third-order valence-electron chi connectivity index (χ3n) is 4.46. The van der Waals surface area contributed by atoms with Crippen LogP contribution in [0.4, 0.5) is 0 Å². The fourth-order valence-electron chi connectivity index (χ4n) is 3.09. The fourth-order valence-corrected chi connectivity index (χ4v) is 3.35. The van der Waals surface area contributed by atoms with E-state index in [1.165, 1.54) is 0 Å². The topological polar surface area (TPSA) is 42.8 Å². The van der Waals surface area contributed by atoms with Gasteiger partial charge >= 0.3 is 0 Å². The van der Waals surface area contributed by atoms with Crippen molar-refractivity contribution in [3.05, 3.63) is 35.1 Å². The Morgan fingerprint density at radius 3 is 2.65 bits per heavy atom. The number of aromatic nitrogens is 3. The molecule has 0 amide bonds. The number of benzene rings is 1. The molecule has 20 heavy (non-hydrogen) atoms. The Morgan fingerprint density at radius 2 is 2.05 bits per heavy atom. The Hall–Kier alpha value is -1.46. The van der Waals surface area contributed by atoms with Crippen LogP contribution in [0, 0.1) is 10.2 Å². The number of ether oxygens (including phenoxy) is 1. The first kappa shape index (κ1) is 13.5. The third kappa shape index (κ3) is 1.93. The van der Waals surface area contributed by atoms with Crippen molar-refractivity contribution in [1.82, 2.24) is 14.8 Å². The predicted molar refractivity (Wildman–Crippen MR) is 81.1 cm³/mol. The van der Waals surface area contributed by atoms with Crippen molar-refractivity contribution in [1.29, 1.82) is 0 Å². The Labute approximate surface area is 123 Å². The lowest BCUT2D eigenvalue weighted by Gasteiger charge is -2.51. The number of nitrogens with one attached hydrogen (secondary N) is 1. The molecule has 0 spiro atoms. The molecule has 1 aliphatic rings. The molecule has 1 heterocycles. The number of aromatic amines is 1. The lowest BCUT2D eigenvalue weighted by Crippen LogP contribution is -2.51. The second kappa shape index (κ2) is 4.82. The van der Waals surface area contributed by atoms with Crippen molar-refractivity contribution >= 4 is 12.2 Å². The van der Waals surface area contributed by atoms with Gasteiger partial charge in [0, 0.05) is 24.1 Å². The first-order valence-corrected chi connectivity index (χ1v) is 7.21. The molecule has 2 aromatic rings. The lowest BCUT2D eigenvalue weighted by molar-refractivity contribution is -0.112. The van der Waals surface area contributed by atoms with E-state index in [0.29, 0.717) is 10.8 Å². The van der Waals surface area contributed by atoms with E-state index in [2.05, 4.69) is 40.7 Å². The van der Waals surface area contributed by atoms with Gasteiger partial charge in [-0.3, -0.25) is 9.67 Å². The quantitative estimate of drug-likeness (QED) is 0.878. The van der Waals surface area contributed by atoms with Crippen molar-refractivity contribution in [2.75, 3.05) is 7.11 Å². The molecule has 4 nitrogen and oxygen atoms in total. The summed E-state index contributed by atoms with van der Waals surface area (Å²) in [6.07, 6.45) is 1.24. The number of hydrogen-bond donors (Lipinski definition) is 1. The van der Waals surface area contributed by atoms with Gasteiger partial charge in [0.25, 0.3) is 0 Å². The number of hydrogen-bond acceptors (Lipinski definition) is 3. The van der Waals surface area contributed by atoms with E-state index >= 15 is 0 Å². The van der Waals surface area contributed by atoms with Crippen molar-refractivity contribution in [2.24, 2.45) is 5.41 Å². The minimum Gasteiger partial charge on any atom is -0.381 e. The van der Waals surface area contributed by atoms with E-state index in [4.69, 9.17) is 17.0 Å². The predicted octanol–water partition coefficient (Wildman–Crippen LogP) is 3.59. The summed E-state index contributed by atoms with van der Waals surface area (Å²) in [6.45, 7) is 4.44. The number of H-pyrrole nitrogens is 1. The molecule has 0 radical (unpaired) electrons.